The SMILES string of the molecule is Cc1ccc(C(=O)N2CCCC[C@H]2C)c(C2CCN(C(=O)c3c(F)cccc3F)CC2)n1. The Morgan fingerprint density at radius 1 is 0.938 bits per heavy atom. The van der Waals surface area contributed by atoms with Crippen molar-refractivity contribution >= 4 is 11.8 Å². The molecule has 4 rings (SSSR count). The molecule has 32 heavy (non-hydrogen) atoms. The zero-order valence-electron chi connectivity index (χ0n) is 18.6. The van der Waals surface area contributed by atoms with E-state index in [1.54, 1.807) is 0 Å². The van der Waals surface area contributed by atoms with Gasteiger partial charge in [0.05, 0.1) is 11.3 Å². The summed E-state index contributed by atoms with van der Waals surface area (Å²) in [6.07, 6.45) is 4.34. The molecule has 3 heterocycles. The molecule has 2 aliphatic heterocycles. The minimum absolute atomic E-state index is 0.0171. The number of rotatable bonds is 3. The van der Waals surface area contributed by atoms with Gasteiger partial charge in [-0.25, -0.2) is 8.78 Å². The van der Waals surface area contributed by atoms with E-state index in [0.717, 1.165) is 49.3 Å². The summed E-state index contributed by atoms with van der Waals surface area (Å²) < 4.78 is 28.1. The van der Waals surface area contributed by atoms with Crippen molar-refractivity contribution in [1.29, 1.82) is 0 Å². The van der Waals surface area contributed by atoms with Crippen molar-refractivity contribution in [2.45, 2.75) is 57.9 Å². The minimum Gasteiger partial charge on any atom is -0.338 e. The van der Waals surface area contributed by atoms with E-state index in [4.69, 9.17) is 4.98 Å². The fourth-order valence-electron chi connectivity index (χ4n) is 4.84. The van der Waals surface area contributed by atoms with Gasteiger partial charge in [-0.3, -0.25) is 14.6 Å². The number of piperidine rings is 2. The highest BCUT2D eigenvalue weighted by molar-refractivity contribution is 5.96. The topological polar surface area (TPSA) is 53.5 Å². The van der Waals surface area contributed by atoms with Crippen molar-refractivity contribution in [2.75, 3.05) is 19.6 Å². The molecule has 5 nitrogen and oxygen atoms in total. The summed E-state index contributed by atoms with van der Waals surface area (Å²) in [7, 11) is 0. The standard InChI is InChI=1S/C25H29F2N3O2/c1-16-9-10-19(24(31)30-13-4-3-6-17(30)2)23(28-16)18-11-14-29(15-12-18)25(32)22-20(26)7-5-8-21(22)27/h5,7-10,17-18H,3-4,6,11-15H2,1-2H3/t17-/m1/s1. The van der Waals surface area contributed by atoms with Crippen molar-refractivity contribution in [3.8, 4) is 0 Å². The Bertz CT molecular complexity index is 998. The lowest BCUT2D eigenvalue weighted by Gasteiger charge is -2.35. The second kappa shape index (κ2) is 9.35. The number of carbonyl (C=O) groups is 2. The number of halogens is 2. The number of hydrogen-bond acceptors (Lipinski definition) is 3. The second-order valence-corrected chi connectivity index (χ2v) is 8.89. The average molecular weight is 442 g/mol. The molecule has 1 atom stereocenters. The molecule has 0 bridgehead atoms. The van der Waals surface area contributed by atoms with Crippen LogP contribution >= 0.6 is 0 Å². The van der Waals surface area contributed by atoms with E-state index in [1.165, 1.54) is 11.0 Å². The number of pyridine rings is 1. The Kier molecular flexibility index (Phi) is 6.53. The van der Waals surface area contributed by atoms with Crippen LogP contribution in [0.2, 0.25) is 0 Å². The first kappa shape index (κ1) is 22.4. The van der Waals surface area contributed by atoms with Crippen molar-refractivity contribution in [3.05, 3.63) is 64.5 Å². The number of hydrogen-bond donors (Lipinski definition) is 0. The molecule has 0 unspecified atom stereocenters. The molecule has 0 radical (unpaired) electrons. The third-order valence-corrected chi connectivity index (χ3v) is 6.70. The summed E-state index contributed by atoms with van der Waals surface area (Å²) in [5.74, 6) is -2.29. The molecule has 2 aromatic rings. The van der Waals surface area contributed by atoms with Gasteiger partial charge in [-0.2, -0.15) is 0 Å². The minimum atomic E-state index is -0.846. The zero-order chi connectivity index (χ0) is 22.8. The van der Waals surface area contributed by atoms with E-state index < -0.39 is 23.1 Å². The smallest absolute Gasteiger partial charge is 0.259 e. The molecular formula is C25H29F2N3O2. The lowest BCUT2D eigenvalue weighted by atomic mass is 9.89. The first-order chi connectivity index (χ1) is 15.4. The van der Waals surface area contributed by atoms with Crippen LogP contribution in [0.15, 0.2) is 30.3 Å². The van der Waals surface area contributed by atoms with Crippen LogP contribution in [0, 0.1) is 18.6 Å². The van der Waals surface area contributed by atoms with Gasteiger partial charge in [-0.15, -0.1) is 0 Å². The average Bonchev–Trinajstić information content (AvgIpc) is 2.79. The number of benzene rings is 1. The predicted octanol–water partition coefficient (Wildman–Crippen LogP) is 4.70. The highest BCUT2D eigenvalue weighted by atomic mass is 19.1. The summed E-state index contributed by atoms with van der Waals surface area (Å²) in [6.45, 7) is 5.47. The molecular weight excluding hydrogens is 412 g/mol. The van der Waals surface area contributed by atoms with Crippen molar-refractivity contribution < 1.29 is 18.4 Å². The molecule has 170 valence electrons. The van der Waals surface area contributed by atoms with Crippen LogP contribution in [0.4, 0.5) is 8.78 Å². The summed E-state index contributed by atoms with van der Waals surface area (Å²) in [5.41, 5.74) is 1.75. The van der Waals surface area contributed by atoms with E-state index in [1.807, 2.05) is 24.0 Å². The zero-order valence-corrected chi connectivity index (χ0v) is 18.6. The van der Waals surface area contributed by atoms with E-state index in [9.17, 15) is 18.4 Å². The lowest BCUT2D eigenvalue weighted by Crippen LogP contribution is -2.43. The summed E-state index contributed by atoms with van der Waals surface area (Å²) in [4.78, 5) is 34.2. The predicted molar refractivity (Wildman–Crippen MR) is 118 cm³/mol. The maximum absolute atomic E-state index is 14.1. The number of nitrogens with zero attached hydrogens (tertiary/aromatic N) is 3. The molecule has 0 aliphatic carbocycles. The van der Waals surface area contributed by atoms with Gasteiger partial charge >= 0.3 is 0 Å². The van der Waals surface area contributed by atoms with Gasteiger partial charge in [0, 0.05) is 37.3 Å². The normalized spacial score (nSPS) is 19.8. The maximum Gasteiger partial charge on any atom is 0.259 e. The molecule has 2 aliphatic rings. The number of likely N-dealkylation sites (tertiary alicyclic amines) is 2. The summed E-state index contributed by atoms with van der Waals surface area (Å²) in [6, 6.07) is 7.39. The maximum atomic E-state index is 14.1. The Morgan fingerprint density at radius 3 is 2.28 bits per heavy atom. The highest BCUT2D eigenvalue weighted by Crippen LogP contribution is 2.32. The van der Waals surface area contributed by atoms with E-state index >= 15 is 0 Å². The molecule has 1 aromatic carbocycles. The van der Waals surface area contributed by atoms with Gasteiger partial charge in [-0.1, -0.05) is 6.07 Å². The van der Waals surface area contributed by atoms with E-state index in [-0.39, 0.29) is 17.9 Å². The van der Waals surface area contributed by atoms with E-state index in [2.05, 4.69) is 6.92 Å². The lowest BCUT2D eigenvalue weighted by molar-refractivity contribution is 0.0627. The van der Waals surface area contributed by atoms with Crippen LogP contribution in [-0.4, -0.2) is 52.3 Å². The third kappa shape index (κ3) is 4.38. The van der Waals surface area contributed by atoms with Gasteiger partial charge in [-0.05, 0) is 70.2 Å². The molecule has 2 saturated heterocycles. The van der Waals surface area contributed by atoms with Crippen molar-refractivity contribution in [1.82, 2.24) is 14.8 Å². The molecule has 2 amide bonds. The molecule has 7 heteroatoms. The van der Waals surface area contributed by atoms with Crippen molar-refractivity contribution in [3.63, 3.8) is 0 Å². The Morgan fingerprint density at radius 2 is 1.62 bits per heavy atom. The van der Waals surface area contributed by atoms with Gasteiger partial charge in [0.25, 0.3) is 11.8 Å². The van der Waals surface area contributed by atoms with Crippen LogP contribution < -0.4 is 0 Å². The molecule has 1 aromatic heterocycles. The monoisotopic (exact) mass is 441 g/mol. The molecule has 2 fully saturated rings. The fourth-order valence-corrected chi connectivity index (χ4v) is 4.84. The summed E-state index contributed by atoms with van der Waals surface area (Å²) in [5, 5.41) is 0. The highest BCUT2D eigenvalue weighted by Gasteiger charge is 2.32. The first-order valence-electron chi connectivity index (χ1n) is 11.4. The fraction of sp³-hybridized carbons (Fsp3) is 0.480. The third-order valence-electron chi connectivity index (χ3n) is 6.70. The second-order valence-electron chi connectivity index (χ2n) is 8.89. The quantitative estimate of drug-likeness (QED) is 0.694. The van der Waals surface area contributed by atoms with Gasteiger partial charge in [0.15, 0.2) is 0 Å². The Hall–Kier alpha value is -2.83. The number of carbonyl (C=O) groups excluding carboxylic acids is 2. The van der Waals surface area contributed by atoms with Crippen molar-refractivity contribution in [2.24, 2.45) is 0 Å². The van der Waals surface area contributed by atoms with Gasteiger partial charge in [0.1, 0.15) is 17.2 Å². The van der Waals surface area contributed by atoms with Crippen LogP contribution in [0.5, 0.6) is 0 Å². The number of amides is 2. The number of aryl methyl sites for hydroxylation is 1. The van der Waals surface area contributed by atoms with Gasteiger partial charge < -0.3 is 9.80 Å². The van der Waals surface area contributed by atoms with Crippen LogP contribution in [-0.2, 0) is 0 Å². The Labute approximate surface area is 187 Å². The molecule has 0 saturated carbocycles. The van der Waals surface area contributed by atoms with E-state index in [0.29, 0.717) is 31.5 Å². The molecule has 0 N–H and O–H groups in total. The summed E-state index contributed by atoms with van der Waals surface area (Å²) >= 11 is 0. The largest absolute Gasteiger partial charge is 0.338 e. The van der Waals surface area contributed by atoms with Crippen LogP contribution in [0.3, 0.4) is 0 Å². The van der Waals surface area contributed by atoms with Gasteiger partial charge in [0.2, 0.25) is 0 Å². The van der Waals surface area contributed by atoms with Crippen LogP contribution in [0.25, 0.3) is 0 Å². The first-order valence-corrected chi connectivity index (χ1v) is 11.4. The van der Waals surface area contributed by atoms with Crippen LogP contribution in [0.1, 0.15) is 77.0 Å². The number of aromatic nitrogens is 1. The molecule has 0 spiro atoms. The Balaban J connectivity index is 1.52.